The lowest BCUT2D eigenvalue weighted by molar-refractivity contribution is 0.672. The third-order valence-corrected chi connectivity index (χ3v) is 2.45. The van der Waals surface area contributed by atoms with Gasteiger partial charge in [-0.1, -0.05) is 13.0 Å². The summed E-state index contributed by atoms with van der Waals surface area (Å²) in [5.41, 5.74) is 1.27. The molecule has 0 atom stereocenters. The fourth-order valence-electron chi connectivity index (χ4n) is 1.46. The van der Waals surface area contributed by atoms with Gasteiger partial charge in [0.05, 0.1) is 0 Å². The largest absolute Gasteiger partial charge is 0.360 e. The second-order valence-electron chi connectivity index (χ2n) is 3.68. The maximum Gasteiger partial charge on any atom is 0.132 e. The second-order valence-corrected chi connectivity index (χ2v) is 3.68. The van der Waals surface area contributed by atoms with Crippen LogP contribution in [0.25, 0.3) is 0 Å². The normalized spacial score (nSPS) is 10.3. The Balaban J connectivity index is 2.68. The fourth-order valence-corrected chi connectivity index (χ4v) is 1.46. The molecule has 0 aliphatic heterocycles. The molecule has 1 rings (SSSR count). The molecule has 0 aromatic carbocycles. The quantitative estimate of drug-likeness (QED) is 0.724. The lowest BCUT2D eigenvalue weighted by Crippen LogP contribution is -2.22. The van der Waals surface area contributed by atoms with Crippen LogP contribution in [0.1, 0.15) is 25.8 Å². The van der Waals surface area contributed by atoms with Gasteiger partial charge in [-0.25, -0.2) is 4.98 Å². The summed E-state index contributed by atoms with van der Waals surface area (Å²) in [5.74, 6) is 1.09. The van der Waals surface area contributed by atoms with Gasteiger partial charge in [0.25, 0.3) is 0 Å². The van der Waals surface area contributed by atoms with Gasteiger partial charge in [-0.2, -0.15) is 0 Å². The number of hydrogen-bond donors (Lipinski definition) is 1. The third kappa shape index (κ3) is 3.51. The van der Waals surface area contributed by atoms with Crippen molar-refractivity contribution in [2.45, 2.75) is 26.8 Å². The molecule has 0 unspecified atom stereocenters. The van der Waals surface area contributed by atoms with Crippen LogP contribution in [0.2, 0.25) is 0 Å². The van der Waals surface area contributed by atoms with Crippen LogP contribution in [0.15, 0.2) is 18.3 Å². The summed E-state index contributed by atoms with van der Waals surface area (Å²) >= 11 is 0. The van der Waals surface area contributed by atoms with Crippen molar-refractivity contribution in [2.24, 2.45) is 0 Å². The Morgan fingerprint density at radius 2 is 2.20 bits per heavy atom. The van der Waals surface area contributed by atoms with E-state index in [-0.39, 0.29) is 0 Å². The average molecular weight is 207 g/mol. The molecular formula is C12H21N3. The number of nitrogens with zero attached hydrogens (tertiary/aromatic N) is 2. The molecule has 0 aliphatic rings. The van der Waals surface area contributed by atoms with E-state index in [4.69, 9.17) is 0 Å². The number of hydrogen-bond acceptors (Lipinski definition) is 3. The maximum atomic E-state index is 4.41. The van der Waals surface area contributed by atoms with Crippen molar-refractivity contribution in [3.05, 3.63) is 23.9 Å². The highest BCUT2D eigenvalue weighted by molar-refractivity contribution is 5.45. The molecule has 0 saturated carbocycles. The van der Waals surface area contributed by atoms with Crippen molar-refractivity contribution in [3.63, 3.8) is 0 Å². The molecule has 1 aromatic heterocycles. The van der Waals surface area contributed by atoms with E-state index < -0.39 is 0 Å². The Morgan fingerprint density at radius 1 is 1.40 bits per heavy atom. The van der Waals surface area contributed by atoms with Crippen LogP contribution in [0, 0.1) is 0 Å². The number of rotatable bonds is 6. The predicted molar refractivity (Wildman–Crippen MR) is 65.2 cm³/mol. The molecule has 1 N–H and O–H groups in total. The van der Waals surface area contributed by atoms with Crippen molar-refractivity contribution in [3.8, 4) is 0 Å². The highest BCUT2D eigenvalue weighted by Crippen LogP contribution is 2.14. The predicted octanol–water partition coefficient (Wildman–Crippen LogP) is 2.04. The van der Waals surface area contributed by atoms with E-state index in [0.29, 0.717) is 0 Å². The lowest BCUT2D eigenvalue weighted by Gasteiger charge is -2.19. The van der Waals surface area contributed by atoms with Crippen LogP contribution in [0.5, 0.6) is 0 Å². The van der Waals surface area contributed by atoms with E-state index in [1.807, 2.05) is 12.3 Å². The number of pyridine rings is 1. The zero-order chi connectivity index (χ0) is 11.1. The van der Waals surface area contributed by atoms with Gasteiger partial charge in [0.2, 0.25) is 0 Å². The van der Waals surface area contributed by atoms with E-state index in [0.717, 1.165) is 25.5 Å². The Hall–Kier alpha value is -1.09. The monoisotopic (exact) mass is 207 g/mol. The average Bonchev–Trinajstić information content (AvgIpc) is 2.29. The molecule has 3 heteroatoms. The minimum Gasteiger partial charge on any atom is -0.360 e. The summed E-state index contributed by atoms with van der Waals surface area (Å²) in [5, 5.41) is 3.40. The highest BCUT2D eigenvalue weighted by atomic mass is 15.2. The van der Waals surface area contributed by atoms with Crippen LogP contribution in [0.4, 0.5) is 5.82 Å². The van der Waals surface area contributed by atoms with Gasteiger partial charge >= 0.3 is 0 Å². The van der Waals surface area contributed by atoms with E-state index in [2.05, 4.69) is 42.2 Å². The lowest BCUT2D eigenvalue weighted by atomic mass is 10.2. The first-order valence-electron chi connectivity index (χ1n) is 5.65. The van der Waals surface area contributed by atoms with Crippen LogP contribution in [-0.2, 0) is 6.54 Å². The summed E-state index contributed by atoms with van der Waals surface area (Å²) in [6, 6.07) is 4.13. The van der Waals surface area contributed by atoms with Gasteiger partial charge in [0, 0.05) is 31.9 Å². The minimum absolute atomic E-state index is 0.904. The van der Waals surface area contributed by atoms with Gasteiger partial charge in [-0.15, -0.1) is 0 Å². The Morgan fingerprint density at radius 3 is 2.87 bits per heavy atom. The Kier molecular flexibility index (Phi) is 5.12. The third-order valence-electron chi connectivity index (χ3n) is 2.45. The van der Waals surface area contributed by atoms with Crippen molar-refractivity contribution in [2.75, 3.05) is 25.0 Å². The highest BCUT2D eigenvalue weighted by Gasteiger charge is 2.05. The molecule has 15 heavy (non-hydrogen) atoms. The molecule has 84 valence electrons. The summed E-state index contributed by atoms with van der Waals surface area (Å²) < 4.78 is 0. The molecule has 0 amide bonds. The topological polar surface area (TPSA) is 28.2 Å². The van der Waals surface area contributed by atoms with Crippen molar-refractivity contribution in [1.29, 1.82) is 0 Å². The number of anilines is 1. The maximum absolute atomic E-state index is 4.41. The molecule has 0 radical (unpaired) electrons. The summed E-state index contributed by atoms with van der Waals surface area (Å²) in [4.78, 5) is 6.58. The van der Waals surface area contributed by atoms with Crippen molar-refractivity contribution < 1.29 is 0 Å². The van der Waals surface area contributed by atoms with Crippen LogP contribution in [0.3, 0.4) is 0 Å². The van der Waals surface area contributed by atoms with Crippen molar-refractivity contribution in [1.82, 2.24) is 10.3 Å². The molecule has 0 saturated heterocycles. The summed E-state index contributed by atoms with van der Waals surface area (Å²) in [7, 11) is 2.08. The van der Waals surface area contributed by atoms with Gasteiger partial charge in [-0.05, 0) is 26.0 Å². The summed E-state index contributed by atoms with van der Waals surface area (Å²) in [6.45, 7) is 7.26. The first-order chi connectivity index (χ1) is 7.29. The van der Waals surface area contributed by atoms with Gasteiger partial charge < -0.3 is 10.2 Å². The number of aromatic nitrogens is 1. The molecule has 0 bridgehead atoms. The molecule has 1 heterocycles. The molecule has 3 nitrogen and oxygen atoms in total. The molecule has 0 fully saturated rings. The van der Waals surface area contributed by atoms with Gasteiger partial charge in [0.15, 0.2) is 0 Å². The zero-order valence-corrected chi connectivity index (χ0v) is 9.95. The van der Waals surface area contributed by atoms with Crippen LogP contribution >= 0.6 is 0 Å². The van der Waals surface area contributed by atoms with E-state index in [9.17, 15) is 0 Å². The van der Waals surface area contributed by atoms with Gasteiger partial charge in [0.1, 0.15) is 5.82 Å². The molecule has 0 aliphatic carbocycles. The standard InChI is InChI=1S/C12H21N3/c1-4-8-13-10-11-7-6-9-14-12(11)15(3)5-2/h6-7,9,13H,4-5,8,10H2,1-3H3. The fraction of sp³-hybridized carbons (Fsp3) is 0.583. The van der Waals surface area contributed by atoms with E-state index in [1.165, 1.54) is 12.0 Å². The van der Waals surface area contributed by atoms with Crippen molar-refractivity contribution >= 4 is 5.82 Å². The minimum atomic E-state index is 0.904. The Bertz CT molecular complexity index is 286. The second kappa shape index (κ2) is 6.40. The molecule has 1 aromatic rings. The summed E-state index contributed by atoms with van der Waals surface area (Å²) in [6.07, 6.45) is 3.02. The zero-order valence-electron chi connectivity index (χ0n) is 9.95. The molecular weight excluding hydrogens is 186 g/mol. The SMILES string of the molecule is CCCNCc1cccnc1N(C)CC. The first-order valence-corrected chi connectivity index (χ1v) is 5.65. The van der Waals surface area contributed by atoms with E-state index >= 15 is 0 Å². The van der Waals surface area contributed by atoms with Crippen LogP contribution < -0.4 is 10.2 Å². The Labute approximate surface area is 92.5 Å². The first kappa shape index (κ1) is 12.0. The molecule has 0 spiro atoms. The number of nitrogens with one attached hydrogen (secondary N) is 1. The van der Waals surface area contributed by atoms with E-state index in [1.54, 1.807) is 0 Å². The van der Waals surface area contributed by atoms with Crippen LogP contribution in [-0.4, -0.2) is 25.1 Å². The smallest absolute Gasteiger partial charge is 0.132 e. The van der Waals surface area contributed by atoms with Gasteiger partial charge in [-0.3, -0.25) is 0 Å².